The van der Waals surface area contributed by atoms with Crippen molar-refractivity contribution in [1.29, 1.82) is 0 Å². The minimum absolute atomic E-state index is 0.00970. The third-order valence-electron chi connectivity index (χ3n) is 4.83. The lowest BCUT2D eigenvalue weighted by atomic mass is 9.71. The quantitative estimate of drug-likeness (QED) is 0.855. The van der Waals surface area contributed by atoms with Crippen molar-refractivity contribution in [2.45, 2.75) is 45.4 Å². The van der Waals surface area contributed by atoms with E-state index in [9.17, 15) is 4.79 Å². The lowest BCUT2D eigenvalue weighted by Crippen LogP contribution is -2.35. The monoisotopic (exact) mass is 285 g/mol. The number of aryl methyl sites for hydroxylation is 1. The summed E-state index contributed by atoms with van der Waals surface area (Å²) in [5, 5.41) is 1.00. The molecule has 1 saturated carbocycles. The number of Topliss-reactive ketones (excluding diaryl/α,β-unsaturated/α-hetero) is 1. The number of fused-ring (bicyclic) bond motifs is 1. The Bertz CT molecular complexity index is 650. The van der Waals surface area contributed by atoms with Crippen molar-refractivity contribution in [3.63, 3.8) is 0 Å². The molecular formula is C18H23NO2. The van der Waals surface area contributed by atoms with Crippen LogP contribution in [0, 0.1) is 12.3 Å². The van der Waals surface area contributed by atoms with Gasteiger partial charge < -0.3 is 10.2 Å². The Labute approximate surface area is 125 Å². The number of carbonyl (C=O) groups is 1. The number of carbonyl (C=O) groups excluding carboxylic acids is 1. The number of hydrogen-bond donors (Lipinski definition) is 1. The van der Waals surface area contributed by atoms with Crippen LogP contribution in [0.15, 0.2) is 28.7 Å². The zero-order valence-electron chi connectivity index (χ0n) is 12.7. The fourth-order valence-corrected chi connectivity index (χ4v) is 3.48. The first-order valence-electron chi connectivity index (χ1n) is 7.85. The van der Waals surface area contributed by atoms with Gasteiger partial charge in [-0.3, -0.25) is 4.79 Å². The standard InChI is InChI=1S/C18H23NO2/c1-13-5-6-16-14(9-13)10-17(21-16)15(20)11-18(12-19)7-3-2-4-8-18/h5-6,9-10H,2-4,7-8,11-12,19H2,1H3. The molecule has 3 heteroatoms. The molecule has 0 aliphatic heterocycles. The zero-order valence-corrected chi connectivity index (χ0v) is 12.7. The van der Waals surface area contributed by atoms with Gasteiger partial charge in [0.15, 0.2) is 11.5 Å². The van der Waals surface area contributed by atoms with Crippen molar-refractivity contribution in [2.75, 3.05) is 6.54 Å². The largest absolute Gasteiger partial charge is 0.453 e. The van der Waals surface area contributed by atoms with E-state index in [-0.39, 0.29) is 11.2 Å². The fraction of sp³-hybridized carbons (Fsp3) is 0.500. The Kier molecular flexibility index (Phi) is 3.85. The molecule has 112 valence electrons. The van der Waals surface area contributed by atoms with Crippen LogP contribution in [0.2, 0.25) is 0 Å². The molecule has 3 nitrogen and oxygen atoms in total. The molecule has 3 rings (SSSR count). The van der Waals surface area contributed by atoms with E-state index in [1.165, 1.54) is 24.8 Å². The summed E-state index contributed by atoms with van der Waals surface area (Å²) in [6.07, 6.45) is 6.28. The lowest BCUT2D eigenvalue weighted by molar-refractivity contribution is 0.0842. The molecule has 0 bridgehead atoms. The Morgan fingerprint density at radius 2 is 2.00 bits per heavy atom. The van der Waals surface area contributed by atoms with Crippen molar-refractivity contribution in [2.24, 2.45) is 11.1 Å². The second-order valence-electron chi connectivity index (χ2n) is 6.52. The predicted molar refractivity (Wildman–Crippen MR) is 84.5 cm³/mol. The van der Waals surface area contributed by atoms with E-state index >= 15 is 0 Å². The molecule has 0 unspecified atom stereocenters. The Morgan fingerprint density at radius 3 is 2.71 bits per heavy atom. The van der Waals surface area contributed by atoms with Gasteiger partial charge in [0.1, 0.15) is 5.58 Å². The topological polar surface area (TPSA) is 56.2 Å². The van der Waals surface area contributed by atoms with E-state index < -0.39 is 0 Å². The van der Waals surface area contributed by atoms with Crippen molar-refractivity contribution in [3.8, 4) is 0 Å². The maximum atomic E-state index is 12.6. The van der Waals surface area contributed by atoms with Crippen LogP contribution >= 0.6 is 0 Å². The van der Waals surface area contributed by atoms with Crippen molar-refractivity contribution in [1.82, 2.24) is 0 Å². The highest BCUT2D eigenvalue weighted by Crippen LogP contribution is 2.39. The SMILES string of the molecule is Cc1ccc2oc(C(=O)CC3(CN)CCCCC3)cc2c1. The van der Waals surface area contributed by atoms with Gasteiger partial charge in [-0.05, 0) is 49.9 Å². The number of rotatable bonds is 4. The maximum Gasteiger partial charge on any atom is 0.198 e. The summed E-state index contributed by atoms with van der Waals surface area (Å²) in [6.45, 7) is 2.64. The number of hydrogen-bond acceptors (Lipinski definition) is 3. The van der Waals surface area contributed by atoms with E-state index in [0.29, 0.717) is 18.7 Å². The van der Waals surface area contributed by atoms with Crippen molar-refractivity contribution in [3.05, 3.63) is 35.6 Å². The maximum absolute atomic E-state index is 12.6. The first kappa shape index (κ1) is 14.3. The fourth-order valence-electron chi connectivity index (χ4n) is 3.48. The summed E-state index contributed by atoms with van der Waals surface area (Å²) in [5.74, 6) is 0.574. The van der Waals surface area contributed by atoms with Gasteiger partial charge in [0, 0.05) is 11.8 Å². The van der Waals surface area contributed by atoms with E-state index in [1.54, 1.807) is 0 Å². The van der Waals surface area contributed by atoms with Gasteiger partial charge in [0.2, 0.25) is 0 Å². The smallest absolute Gasteiger partial charge is 0.198 e. The molecule has 1 aliphatic carbocycles. The van der Waals surface area contributed by atoms with Crippen LogP contribution in [0.3, 0.4) is 0 Å². The first-order valence-corrected chi connectivity index (χ1v) is 7.85. The third kappa shape index (κ3) is 2.88. The Balaban J connectivity index is 1.82. The minimum Gasteiger partial charge on any atom is -0.453 e. The zero-order chi connectivity index (χ0) is 14.9. The van der Waals surface area contributed by atoms with Crippen molar-refractivity contribution >= 4 is 16.8 Å². The average molecular weight is 285 g/mol. The summed E-state index contributed by atoms with van der Waals surface area (Å²) in [4.78, 5) is 12.6. The molecule has 0 atom stereocenters. The molecule has 1 aromatic heterocycles. The molecule has 0 radical (unpaired) electrons. The summed E-state index contributed by atoms with van der Waals surface area (Å²) >= 11 is 0. The molecule has 1 aromatic carbocycles. The van der Waals surface area contributed by atoms with Gasteiger partial charge in [0.25, 0.3) is 0 Å². The number of ketones is 1. The number of benzene rings is 1. The molecule has 2 aromatic rings. The third-order valence-corrected chi connectivity index (χ3v) is 4.83. The van der Waals surface area contributed by atoms with Crippen LogP contribution in [-0.2, 0) is 0 Å². The van der Waals surface area contributed by atoms with Crippen LogP contribution in [0.1, 0.15) is 54.6 Å². The van der Waals surface area contributed by atoms with Crippen LogP contribution in [-0.4, -0.2) is 12.3 Å². The summed E-state index contributed by atoms with van der Waals surface area (Å²) in [6, 6.07) is 7.86. The molecule has 1 fully saturated rings. The predicted octanol–water partition coefficient (Wildman–Crippen LogP) is 4.22. The molecule has 21 heavy (non-hydrogen) atoms. The van der Waals surface area contributed by atoms with Gasteiger partial charge >= 0.3 is 0 Å². The highest BCUT2D eigenvalue weighted by molar-refractivity contribution is 5.98. The Morgan fingerprint density at radius 1 is 1.24 bits per heavy atom. The normalized spacial score (nSPS) is 18.0. The minimum atomic E-state index is -0.00970. The number of nitrogens with two attached hydrogens (primary N) is 1. The van der Waals surface area contributed by atoms with Gasteiger partial charge in [-0.25, -0.2) is 0 Å². The first-order chi connectivity index (χ1) is 10.1. The average Bonchev–Trinajstić information content (AvgIpc) is 2.91. The van der Waals surface area contributed by atoms with Crippen LogP contribution < -0.4 is 5.73 Å². The molecule has 0 amide bonds. The van der Waals surface area contributed by atoms with Gasteiger partial charge in [-0.1, -0.05) is 30.9 Å². The number of furan rings is 1. The van der Waals surface area contributed by atoms with E-state index in [2.05, 4.69) is 6.07 Å². The molecule has 0 spiro atoms. The molecule has 0 saturated heterocycles. The molecule has 2 N–H and O–H groups in total. The van der Waals surface area contributed by atoms with Crippen LogP contribution in [0.25, 0.3) is 11.0 Å². The van der Waals surface area contributed by atoms with E-state index in [1.807, 2.05) is 25.1 Å². The summed E-state index contributed by atoms with van der Waals surface area (Å²) in [7, 11) is 0. The Hall–Kier alpha value is -1.61. The van der Waals surface area contributed by atoms with Gasteiger partial charge in [-0.2, -0.15) is 0 Å². The second-order valence-corrected chi connectivity index (χ2v) is 6.52. The van der Waals surface area contributed by atoms with Crippen LogP contribution in [0.4, 0.5) is 0 Å². The van der Waals surface area contributed by atoms with E-state index in [4.69, 9.17) is 10.2 Å². The van der Waals surface area contributed by atoms with Crippen LogP contribution in [0.5, 0.6) is 0 Å². The molecular weight excluding hydrogens is 262 g/mol. The van der Waals surface area contributed by atoms with Gasteiger partial charge in [0.05, 0.1) is 0 Å². The van der Waals surface area contributed by atoms with E-state index in [0.717, 1.165) is 23.8 Å². The second kappa shape index (κ2) is 5.64. The summed E-state index contributed by atoms with van der Waals surface area (Å²) < 4.78 is 5.73. The highest BCUT2D eigenvalue weighted by Gasteiger charge is 2.34. The van der Waals surface area contributed by atoms with Crippen molar-refractivity contribution < 1.29 is 9.21 Å². The summed E-state index contributed by atoms with van der Waals surface area (Å²) in [5.41, 5.74) is 7.93. The lowest BCUT2D eigenvalue weighted by Gasteiger charge is -2.35. The highest BCUT2D eigenvalue weighted by atomic mass is 16.3. The van der Waals surface area contributed by atoms with Gasteiger partial charge in [-0.15, -0.1) is 0 Å². The molecule has 1 aliphatic rings. The molecule has 1 heterocycles.